The number of benzene rings is 1. The third-order valence-electron chi connectivity index (χ3n) is 3.51. The molecule has 1 aliphatic rings. The molecule has 1 aliphatic heterocycles. The van der Waals surface area contributed by atoms with Crippen molar-refractivity contribution in [2.75, 3.05) is 13.1 Å². The zero-order valence-electron chi connectivity index (χ0n) is 10.9. The molecule has 19 heavy (non-hydrogen) atoms. The number of halogens is 1. The molecule has 0 aromatic heterocycles. The Morgan fingerprint density at radius 2 is 2.05 bits per heavy atom. The molecule has 2 unspecified atom stereocenters. The molecule has 1 saturated heterocycles. The molecule has 1 aromatic carbocycles. The SMILES string of the molecule is CC(NS(=O)(=O)c1ccc(F)cc1)C1CCCNC1. The van der Waals surface area contributed by atoms with Crippen LogP contribution in [0.1, 0.15) is 19.8 Å². The first-order valence-electron chi connectivity index (χ1n) is 6.47. The van der Waals surface area contributed by atoms with Gasteiger partial charge in [0.15, 0.2) is 0 Å². The Bertz CT molecular complexity index is 510. The van der Waals surface area contributed by atoms with Gasteiger partial charge < -0.3 is 5.32 Å². The Morgan fingerprint density at radius 1 is 1.37 bits per heavy atom. The molecule has 0 saturated carbocycles. The van der Waals surface area contributed by atoms with Gasteiger partial charge >= 0.3 is 0 Å². The number of hydrogen-bond acceptors (Lipinski definition) is 3. The summed E-state index contributed by atoms with van der Waals surface area (Å²) >= 11 is 0. The van der Waals surface area contributed by atoms with E-state index in [1.165, 1.54) is 12.1 Å². The van der Waals surface area contributed by atoms with Crippen molar-refractivity contribution < 1.29 is 12.8 Å². The predicted octanol–water partition coefficient (Wildman–Crippen LogP) is 1.49. The van der Waals surface area contributed by atoms with Gasteiger partial charge in [-0.25, -0.2) is 17.5 Å². The van der Waals surface area contributed by atoms with Crippen molar-refractivity contribution >= 4 is 10.0 Å². The van der Waals surface area contributed by atoms with Crippen molar-refractivity contribution in [3.8, 4) is 0 Å². The van der Waals surface area contributed by atoms with Crippen LogP contribution in [0.5, 0.6) is 0 Å². The van der Waals surface area contributed by atoms with E-state index in [1.54, 1.807) is 0 Å². The van der Waals surface area contributed by atoms with Crippen LogP contribution in [0.15, 0.2) is 29.2 Å². The highest BCUT2D eigenvalue weighted by atomic mass is 32.2. The summed E-state index contributed by atoms with van der Waals surface area (Å²) in [7, 11) is -3.57. The smallest absolute Gasteiger partial charge is 0.240 e. The van der Waals surface area contributed by atoms with Crippen LogP contribution in [0.2, 0.25) is 0 Å². The van der Waals surface area contributed by atoms with Crippen LogP contribution in [0.3, 0.4) is 0 Å². The summed E-state index contributed by atoms with van der Waals surface area (Å²) in [5.74, 6) is -0.146. The molecule has 0 bridgehead atoms. The average Bonchev–Trinajstić information content (AvgIpc) is 2.40. The number of nitrogens with one attached hydrogen (secondary N) is 2. The molecule has 0 spiro atoms. The zero-order chi connectivity index (χ0) is 13.9. The molecule has 1 fully saturated rings. The van der Waals surface area contributed by atoms with Crippen LogP contribution in [0.25, 0.3) is 0 Å². The first-order chi connectivity index (χ1) is 8.99. The van der Waals surface area contributed by atoms with Gasteiger partial charge in [-0.05, 0) is 63.0 Å². The third kappa shape index (κ3) is 3.75. The lowest BCUT2D eigenvalue weighted by Crippen LogP contribution is -2.44. The fourth-order valence-electron chi connectivity index (χ4n) is 2.33. The average molecular weight is 286 g/mol. The highest BCUT2D eigenvalue weighted by Crippen LogP contribution is 2.17. The van der Waals surface area contributed by atoms with Gasteiger partial charge in [-0.2, -0.15) is 0 Å². The fraction of sp³-hybridized carbons (Fsp3) is 0.538. The van der Waals surface area contributed by atoms with Crippen molar-refractivity contribution in [1.29, 1.82) is 0 Å². The second kappa shape index (κ2) is 5.98. The maximum Gasteiger partial charge on any atom is 0.240 e. The van der Waals surface area contributed by atoms with E-state index in [1.807, 2.05) is 6.92 Å². The quantitative estimate of drug-likeness (QED) is 0.881. The lowest BCUT2D eigenvalue weighted by Gasteiger charge is -2.28. The van der Waals surface area contributed by atoms with Gasteiger partial charge in [0.25, 0.3) is 0 Å². The minimum Gasteiger partial charge on any atom is -0.316 e. The van der Waals surface area contributed by atoms with Crippen LogP contribution < -0.4 is 10.0 Å². The second-order valence-corrected chi connectivity index (χ2v) is 6.68. The molecule has 0 aliphatic carbocycles. The van der Waals surface area contributed by atoms with Gasteiger partial charge in [-0.15, -0.1) is 0 Å². The molecule has 2 N–H and O–H groups in total. The molecule has 6 heteroatoms. The Balaban J connectivity index is 2.05. The fourth-order valence-corrected chi connectivity index (χ4v) is 3.64. The van der Waals surface area contributed by atoms with Crippen LogP contribution in [-0.2, 0) is 10.0 Å². The van der Waals surface area contributed by atoms with Crippen molar-refractivity contribution in [2.24, 2.45) is 5.92 Å². The van der Waals surface area contributed by atoms with Gasteiger partial charge in [-0.3, -0.25) is 0 Å². The van der Waals surface area contributed by atoms with E-state index < -0.39 is 15.8 Å². The molecular formula is C13H19FN2O2S. The largest absolute Gasteiger partial charge is 0.316 e. The first kappa shape index (κ1) is 14.4. The van der Waals surface area contributed by atoms with Gasteiger partial charge in [0.1, 0.15) is 5.82 Å². The van der Waals surface area contributed by atoms with Crippen molar-refractivity contribution in [3.63, 3.8) is 0 Å². The number of rotatable bonds is 4. The maximum absolute atomic E-state index is 12.8. The van der Waals surface area contributed by atoms with Gasteiger partial charge in [0.05, 0.1) is 4.90 Å². The van der Waals surface area contributed by atoms with Gasteiger partial charge in [0, 0.05) is 6.04 Å². The summed E-state index contributed by atoms with van der Waals surface area (Å²) in [4.78, 5) is 0.101. The number of sulfonamides is 1. The normalized spacial score (nSPS) is 22.1. The molecule has 4 nitrogen and oxygen atoms in total. The van der Waals surface area contributed by atoms with Crippen molar-refractivity contribution in [2.45, 2.75) is 30.7 Å². The van der Waals surface area contributed by atoms with Crippen molar-refractivity contribution in [3.05, 3.63) is 30.1 Å². The third-order valence-corrected chi connectivity index (χ3v) is 5.08. The molecule has 1 heterocycles. The summed E-state index contributed by atoms with van der Waals surface area (Å²) in [5, 5.41) is 3.26. The summed E-state index contributed by atoms with van der Waals surface area (Å²) in [6.45, 7) is 3.69. The van der Waals surface area contributed by atoms with Crippen LogP contribution in [-0.4, -0.2) is 27.5 Å². The lowest BCUT2D eigenvalue weighted by molar-refractivity contribution is 0.320. The van der Waals surface area contributed by atoms with E-state index in [4.69, 9.17) is 0 Å². The van der Waals surface area contributed by atoms with Gasteiger partial charge in [-0.1, -0.05) is 0 Å². The Morgan fingerprint density at radius 3 is 2.63 bits per heavy atom. The molecule has 2 rings (SSSR count). The molecular weight excluding hydrogens is 267 g/mol. The van der Waals surface area contributed by atoms with Crippen LogP contribution >= 0.6 is 0 Å². The number of hydrogen-bond donors (Lipinski definition) is 2. The summed E-state index contributed by atoms with van der Waals surface area (Å²) < 4.78 is 39.8. The van der Waals surface area contributed by atoms with Crippen molar-refractivity contribution in [1.82, 2.24) is 10.0 Å². The zero-order valence-corrected chi connectivity index (χ0v) is 11.7. The summed E-state index contributed by atoms with van der Waals surface area (Å²) in [5.41, 5.74) is 0. The molecule has 2 atom stereocenters. The molecule has 106 valence electrons. The van der Waals surface area contributed by atoms with E-state index >= 15 is 0 Å². The van der Waals surface area contributed by atoms with Gasteiger partial charge in [0.2, 0.25) is 10.0 Å². The predicted molar refractivity (Wildman–Crippen MR) is 71.8 cm³/mol. The summed E-state index contributed by atoms with van der Waals surface area (Å²) in [6, 6.07) is 4.73. The second-order valence-electron chi connectivity index (χ2n) is 4.97. The Labute approximate surface area is 113 Å². The topological polar surface area (TPSA) is 58.2 Å². The van der Waals surface area contributed by atoms with E-state index in [0.29, 0.717) is 5.92 Å². The highest BCUT2D eigenvalue weighted by molar-refractivity contribution is 7.89. The van der Waals surface area contributed by atoms with E-state index in [0.717, 1.165) is 38.1 Å². The molecule has 1 aromatic rings. The first-order valence-corrected chi connectivity index (χ1v) is 7.96. The lowest BCUT2D eigenvalue weighted by atomic mass is 9.94. The minimum absolute atomic E-state index is 0.101. The number of piperidine rings is 1. The Kier molecular flexibility index (Phi) is 4.54. The Hall–Kier alpha value is -0.980. The molecule has 0 amide bonds. The highest BCUT2D eigenvalue weighted by Gasteiger charge is 2.24. The minimum atomic E-state index is -3.57. The van der Waals surface area contributed by atoms with Crippen LogP contribution in [0.4, 0.5) is 4.39 Å². The monoisotopic (exact) mass is 286 g/mol. The van der Waals surface area contributed by atoms with E-state index in [9.17, 15) is 12.8 Å². The van der Waals surface area contributed by atoms with E-state index in [-0.39, 0.29) is 10.9 Å². The van der Waals surface area contributed by atoms with Crippen LogP contribution in [0, 0.1) is 11.7 Å². The maximum atomic E-state index is 12.8. The summed E-state index contributed by atoms with van der Waals surface area (Å²) in [6.07, 6.45) is 2.08. The molecule has 0 radical (unpaired) electrons. The van der Waals surface area contributed by atoms with E-state index in [2.05, 4.69) is 10.0 Å². The standard InChI is InChI=1S/C13H19FN2O2S/c1-10(11-3-2-8-15-9-11)16-19(17,18)13-6-4-12(14)5-7-13/h4-7,10-11,15-16H,2-3,8-9H2,1H3.